The summed E-state index contributed by atoms with van der Waals surface area (Å²) in [5.41, 5.74) is 2.86. The third-order valence-corrected chi connectivity index (χ3v) is 7.01. The number of anilines is 1. The molecule has 6 nitrogen and oxygen atoms in total. The van der Waals surface area contributed by atoms with Gasteiger partial charge in [-0.25, -0.2) is 9.97 Å². The molecule has 2 aliphatic rings. The molecule has 0 radical (unpaired) electrons. The summed E-state index contributed by atoms with van der Waals surface area (Å²) in [6, 6.07) is 4.02. The van der Waals surface area contributed by atoms with Crippen molar-refractivity contribution in [3.05, 3.63) is 46.2 Å². The first kappa shape index (κ1) is 24.0. The first-order chi connectivity index (χ1) is 16.0. The van der Waals surface area contributed by atoms with E-state index in [2.05, 4.69) is 14.9 Å². The number of halogens is 1. The van der Waals surface area contributed by atoms with Gasteiger partial charge in [0.05, 0.1) is 24.0 Å². The number of ketones is 1. The topological polar surface area (TPSA) is 64.5 Å². The first-order valence-corrected chi connectivity index (χ1v) is 12.4. The zero-order chi connectivity index (χ0) is 23.2. The summed E-state index contributed by atoms with van der Waals surface area (Å²) in [7, 11) is 0. The standard InChI is InChI=1S/C26H34ClN3O3/c1-18-12-23(13-19(2)25(18)24(31)14-21-7-11-32-17-21)33-10-3-4-20-5-8-30(9-6-20)26-28-15-22(27)16-29-26/h12-13,15-16,20-21H,3-11,14,17H2,1-2H3/t21-/m0/s1. The average molecular weight is 472 g/mol. The molecule has 3 heterocycles. The molecule has 33 heavy (non-hydrogen) atoms. The lowest BCUT2D eigenvalue weighted by Crippen LogP contribution is -2.34. The SMILES string of the molecule is Cc1cc(OCCCC2CCN(c3ncc(Cl)cn3)CC2)cc(C)c1C(=O)C[C@@H]1CCOC1. The van der Waals surface area contributed by atoms with E-state index in [0.29, 0.717) is 36.5 Å². The molecule has 178 valence electrons. The summed E-state index contributed by atoms with van der Waals surface area (Å²) in [4.78, 5) is 23.7. The summed E-state index contributed by atoms with van der Waals surface area (Å²) >= 11 is 5.88. The molecule has 0 N–H and O–H groups in total. The third kappa shape index (κ3) is 6.45. The van der Waals surface area contributed by atoms with E-state index in [1.807, 2.05) is 26.0 Å². The maximum Gasteiger partial charge on any atom is 0.225 e. The van der Waals surface area contributed by atoms with E-state index in [1.54, 1.807) is 12.4 Å². The van der Waals surface area contributed by atoms with E-state index in [0.717, 1.165) is 80.2 Å². The number of ether oxygens (including phenoxy) is 2. The summed E-state index contributed by atoms with van der Waals surface area (Å²) < 4.78 is 11.5. The molecular formula is C26H34ClN3O3. The normalized spacial score (nSPS) is 19.1. The van der Waals surface area contributed by atoms with Crippen LogP contribution < -0.4 is 9.64 Å². The van der Waals surface area contributed by atoms with Crippen LogP contribution in [0, 0.1) is 25.7 Å². The third-order valence-electron chi connectivity index (χ3n) is 6.81. The second-order valence-electron chi connectivity index (χ2n) is 9.41. The highest BCUT2D eigenvalue weighted by molar-refractivity contribution is 6.30. The van der Waals surface area contributed by atoms with Gasteiger partial charge in [0.1, 0.15) is 5.75 Å². The van der Waals surface area contributed by atoms with Crippen molar-refractivity contribution < 1.29 is 14.3 Å². The number of hydrogen-bond donors (Lipinski definition) is 0. The van der Waals surface area contributed by atoms with Crippen LogP contribution in [0.1, 0.15) is 60.0 Å². The second kappa shape index (κ2) is 11.3. The van der Waals surface area contributed by atoms with E-state index in [1.165, 1.54) is 0 Å². The van der Waals surface area contributed by atoms with Gasteiger partial charge in [-0.2, -0.15) is 0 Å². The molecular weight excluding hydrogens is 438 g/mol. The monoisotopic (exact) mass is 471 g/mol. The fourth-order valence-electron chi connectivity index (χ4n) is 5.01. The Kier molecular flexibility index (Phi) is 8.20. The number of rotatable bonds is 9. The summed E-state index contributed by atoms with van der Waals surface area (Å²) in [5, 5.41) is 0.569. The molecule has 7 heteroatoms. The van der Waals surface area contributed by atoms with Gasteiger partial charge >= 0.3 is 0 Å². The van der Waals surface area contributed by atoms with Crippen LogP contribution >= 0.6 is 11.6 Å². The Morgan fingerprint density at radius 2 is 1.82 bits per heavy atom. The summed E-state index contributed by atoms with van der Waals surface area (Å²) in [6.07, 6.45) is 9.35. The Hall–Kier alpha value is -2.18. The maximum atomic E-state index is 12.8. The number of nitrogens with zero attached hydrogens (tertiary/aromatic N) is 3. The van der Waals surface area contributed by atoms with Crippen molar-refractivity contribution in [3.8, 4) is 5.75 Å². The van der Waals surface area contributed by atoms with Gasteiger partial charge in [-0.15, -0.1) is 0 Å². The minimum atomic E-state index is 0.224. The Morgan fingerprint density at radius 3 is 2.45 bits per heavy atom. The quantitative estimate of drug-likeness (QED) is 0.359. The van der Waals surface area contributed by atoms with Crippen LogP contribution in [0.3, 0.4) is 0 Å². The van der Waals surface area contributed by atoms with E-state index in [-0.39, 0.29) is 5.78 Å². The van der Waals surface area contributed by atoms with Crippen LogP contribution in [0.15, 0.2) is 24.5 Å². The zero-order valence-corrected chi connectivity index (χ0v) is 20.4. The van der Waals surface area contributed by atoms with Gasteiger partial charge in [0.2, 0.25) is 5.95 Å². The Labute approximate surface area is 201 Å². The minimum Gasteiger partial charge on any atom is -0.494 e. The molecule has 4 rings (SSSR count). The highest BCUT2D eigenvalue weighted by atomic mass is 35.5. The van der Waals surface area contributed by atoms with E-state index in [4.69, 9.17) is 21.1 Å². The Balaban J connectivity index is 1.20. The van der Waals surface area contributed by atoms with Gasteiger partial charge in [0, 0.05) is 38.3 Å². The van der Waals surface area contributed by atoms with Crippen LogP contribution in [-0.4, -0.2) is 48.7 Å². The molecule has 0 amide bonds. The van der Waals surface area contributed by atoms with Crippen molar-refractivity contribution in [2.75, 3.05) is 37.8 Å². The molecule has 1 aromatic carbocycles. The van der Waals surface area contributed by atoms with Crippen molar-refractivity contribution in [1.82, 2.24) is 9.97 Å². The van der Waals surface area contributed by atoms with Crippen LogP contribution in [0.2, 0.25) is 5.02 Å². The number of aryl methyl sites for hydroxylation is 2. The molecule has 0 bridgehead atoms. The molecule has 0 saturated carbocycles. The van der Waals surface area contributed by atoms with Crippen molar-refractivity contribution in [2.24, 2.45) is 11.8 Å². The number of hydrogen-bond acceptors (Lipinski definition) is 6. The molecule has 1 aromatic heterocycles. The fourth-order valence-corrected chi connectivity index (χ4v) is 5.11. The lowest BCUT2D eigenvalue weighted by atomic mass is 9.92. The van der Waals surface area contributed by atoms with Gasteiger partial charge < -0.3 is 14.4 Å². The molecule has 2 aliphatic heterocycles. The molecule has 0 unspecified atom stereocenters. The molecule has 2 fully saturated rings. The fraction of sp³-hybridized carbons (Fsp3) is 0.577. The van der Waals surface area contributed by atoms with Crippen molar-refractivity contribution in [2.45, 2.75) is 52.4 Å². The Bertz CT molecular complexity index is 913. The highest BCUT2D eigenvalue weighted by Crippen LogP contribution is 2.27. The van der Waals surface area contributed by atoms with Crippen molar-refractivity contribution >= 4 is 23.3 Å². The van der Waals surface area contributed by atoms with Gasteiger partial charge in [0.15, 0.2) is 5.78 Å². The highest BCUT2D eigenvalue weighted by Gasteiger charge is 2.23. The van der Waals surface area contributed by atoms with Crippen molar-refractivity contribution in [3.63, 3.8) is 0 Å². The predicted molar refractivity (Wildman–Crippen MR) is 130 cm³/mol. The van der Waals surface area contributed by atoms with Gasteiger partial charge in [-0.1, -0.05) is 11.6 Å². The lowest BCUT2D eigenvalue weighted by molar-refractivity contribution is 0.0951. The Morgan fingerprint density at radius 1 is 1.12 bits per heavy atom. The largest absolute Gasteiger partial charge is 0.494 e. The second-order valence-corrected chi connectivity index (χ2v) is 9.85. The number of piperidine rings is 1. The average Bonchev–Trinajstić information content (AvgIpc) is 3.30. The molecule has 0 spiro atoms. The summed E-state index contributed by atoms with van der Waals surface area (Å²) in [5.74, 6) is 2.92. The van der Waals surface area contributed by atoms with E-state index in [9.17, 15) is 4.79 Å². The van der Waals surface area contributed by atoms with Crippen LogP contribution in [-0.2, 0) is 4.74 Å². The lowest BCUT2D eigenvalue weighted by Gasteiger charge is -2.32. The van der Waals surface area contributed by atoms with Crippen molar-refractivity contribution in [1.29, 1.82) is 0 Å². The number of Topliss-reactive ketones (excluding diaryl/α,β-unsaturated/α-hetero) is 1. The van der Waals surface area contributed by atoms with Gasteiger partial charge in [-0.3, -0.25) is 4.79 Å². The van der Waals surface area contributed by atoms with Crippen LogP contribution in [0.25, 0.3) is 0 Å². The van der Waals surface area contributed by atoms with Gasteiger partial charge in [-0.05, 0) is 81.0 Å². The molecule has 2 saturated heterocycles. The number of aromatic nitrogens is 2. The number of carbonyl (C=O) groups excluding carboxylic acids is 1. The maximum absolute atomic E-state index is 12.8. The van der Waals surface area contributed by atoms with Crippen LogP contribution in [0.4, 0.5) is 5.95 Å². The number of carbonyl (C=O) groups is 1. The van der Waals surface area contributed by atoms with Gasteiger partial charge in [0.25, 0.3) is 0 Å². The summed E-state index contributed by atoms with van der Waals surface area (Å²) in [6.45, 7) is 8.17. The predicted octanol–water partition coefficient (Wildman–Crippen LogP) is 5.43. The minimum absolute atomic E-state index is 0.224. The molecule has 2 aromatic rings. The molecule has 0 aliphatic carbocycles. The van der Waals surface area contributed by atoms with Crippen LogP contribution in [0.5, 0.6) is 5.75 Å². The smallest absolute Gasteiger partial charge is 0.225 e. The number of benzene rings is 1. The van der Waals surface area contributed by atoms with E-state index >= 15 is 0 Å². The van der Waals surface area contributed by atoms with E-state index < -0.39 is 0 Å². The first-order valence-electron chi connectivity index (χ1n) is 12.1. The zero-order valence-electron chi connectivity index (χ0n) is 19.7. The molecule has 1 atom stereocenters.